The Kier molecular flexibility index (Phi) is 4.45. The monoisotopic (exact) mass is 265 g/mol. The van der Waals surface area contributed by atoms with Crippen LogP contribution in [0.25, 0.3) is 0 Å². The average Bonchev–Trinajstić information content (AvgIpc) is 2.94. The molecule has 1 N–H and O–H groups in total. The third-order valence-electron chi connectivity index (χ3n) is 5.68. The van der Waals surface area contributed by atoms with Gasteiger partial charge in [-0.05, 0) is 78.0 Å². The van der Waals surface area contributed by atoms with Gasteiger partial charge in [0.1, 0.15) is 0 Å². The van der Waals surface area contributed by atoms with E-state index in [2.05, 4.69) is 29.2 Å². The lowest BCUT2D eigenvalue weighted by molar-refractivity contribution is 0.197. The second kappa shape index (κ2) is 6.11. The predicted molar refractivity (Wildman–Crippen MR) is 80.4 cm³/mol. The minimum atomic E-state index is 0.814. The summed E-state index contributed by atoms with van der Waals surface area (Å²) in [6, 6.07) is 2.53. The summed E-state index contributed by atoms with van der Waals surface area (Å²) in [6.45, 7) is 3.87. The van der Waals surface area contributed by atoms with Crippen molar-refractivity contribution in [3.63, 3.8) is 0 Å². The number of fused-ring (bicyclic) bond motifs is 2. The molecule has 3 atom stereocenters. The zero-order valence-electron chi connectivity index (χ0n) is 12.8. The molecular formula is C16H31N3. The molecule has 0 spiro atoms. The van der Waals surface area contributed by atoms with Crippen LogP contribution in [0.2, 0.25) is 0 Å². The summed E-state index contributed by atoms with van der Waals surface area (Å²) in [4.78, 5) is 5.12. The first kappa shape index (κ1) is 13.8. The van der Waals surface area contributed by atoms with E-state index in [9.17, 15) is 0 Å². The number of hydrogen-bond donors (Lipinski definition) is 1. The van der Waals surface area contributed by atoms with Crippen LogP contribution < -0.4 is 5.32 Å². The first-order valence-corrected chi connectivity index (χ1v) is 8.35. The van der Waals surface area contributed by atoms with Crippen molar-refractivity contribution < 1.29 is 0 Å². The van der Waals surface area contributed by atoms with Crippen LogP contribution in [0.3, 0.4) is 0 Å². The number of nitrogens with zero attached hydrogens (tertiary/aromatic N) is 2. The molecule has 19 heavy (non-hydrogen) atoms. The summed E-state index contributed by atoms with van der Waals surface area (Å²) in [5, 5.41) is 3.75. The Morgan fingerprint density at radius 3 is 2.53 bits per heavy atom. The lowest BCUT2D eigenvalue weighted by Crippen LogP contribution is -2.40. The largest absolute Gasteiger partial charge is 0.311 e. The van der Waals surface area contributed by atoms with Crippen LogP contribution in [-0.4, -0.2) is 61.7 Å². The third-order valence-corrected chi connectivity index (χ3v) is 5.68. The molecule has 3 saturated heterocycles. The molecule has 110 valence electrons. The van der Waals surface area contributed by atoms with Gasteiger partial charge in [0.25, 0.3) is 0 Å². The molecule has 0 aliphatic carbocycles. The van der Waals surface area contributed by atoms with Crippen LogP contribution in [-0.2, 0) is 0 Å². The molecule has 3 fully saturated rings. The van der Waals surface area contributed by atoms with Crippen molar-refractivity contribution in [2.75, 3.05) is 33.7 Å². The van der Waals surface area contributed by atoms with Crippen molar-refractivity contribution in [1.29, 1.82) is 0 Å². The molecule has 3 heteroatoms. The van der Waals surface area contributed by atoms with Gasteiger partial charge in [-0.3, -0.25) is 0 Å². The lowest BCUT2D eigenvalue weighted by Gasteiger charge is -2.31. The van der Waals surface area contributed by atoms with Crippen molar-refractivity contribution in [2.45, 2.75) is 63.1 Å². The Bertz CT molecular complexity index is 282. The maximum atomic E-state index is 3.75. The summed E-state index contributed by atoms with van der Waals surface area (Å²) in [5.41, 5.74) is 0. The van der Waals surface area contributed by atoms with Crippen LogP contribution in [0.1, 0.15) is 44.9 Å². The van der Waals surface area contributed by atoms with Gasteiger partial charge in [0.05, 0.1) is 0 Å². The second-order valence-electron chi connectivity index (χ2n) is 7.30. The van der Waals surface area contributed by atoms with E-state index in [1.54, 1.807) is 0 Å². The zero-order valence-corrected chi connectivity index (χ0v) is 12.8. The molecule has 3 nitrogen and oxygen atoms in total. The summed E-state index contributed by atoms with van der Waals surface area (Å²) < 4.78 is 0. The molecule has 3 aliphatic heterocycles. The van der Waals surface area contributed by atoms with Gasteiger partial charge in [-0.1, -0.05) is 0 Å². The Labute approximate surface area is 118 Å². The van der Waals surface area contributed by atoms with Crippen LogP contribution in [0.5, 0.6) is 0 Å². The van der Waals surface area contributed by atoms with Gasteiger partial charge in [-0.25, -0.2) is 0 Å². The summed E-state index contributed by atoms with van der Waals surface area (Å²) >= 11 is 0. The lowest BCUT2D eigenvalue weighted by atomic mass is 9.89. The van der Waals surface area contributed by atoms with Crippen LogP contribution >= 0.6 is 0 Å². The van der Waals surface area contributed by atoms with Crippen LogP contribution in [0.4, 0.5) is 0 Å². The highest BCUT2D eigenvalue weighted by Crippen LogP contribution is 2.32. The molecule has 0 aromatic heterocycles. The zero-order chi connectivity index (χ0) is 13.2. The summed E-state index contributed by atoms with van der Waals surface area (Å²) in [5.74, 6) is 0.988. The topological polar surface area (TPSA) is 18.5 Å². The fraction of sp³-hybridized carbons (Fsp3) is 1.00. The molecular weight excluding hydrogens is 234 g/mol. The Morgan fingerprint density at radius 1 is 1.16 bits per heavy atom. The standard InChI is InChI=1S/C16H31N3/c1-18(12-16-4-3-8-19(16)2)9-7-13-10-14-5-6-15(11-13)17-14/h13-17H,3-12H2,1-2H3. The molecule has 0 amide bonds. The predicted octanol–water partition coefficient (Wildman–Crippen LogP) is 1.93. The summed E-state index contributed by atoms with van der Waals surface area (Å²) in [7, 11) is 4.61. The highest BCUT2D eigenvalue weighted by atomic mass is 15.2. The van der Waals surface area contributed by atoms with E-state index in [0.717, 1.165) is 24.0 Å². The fourth-order valence-corrected chi connectivity index (χ4v) is 4.47. The quantitative estimate of drug-likeness (QED) is 0.819. The van der Waals surface area contributed by atoms with E-state index < -0.39 is 0 Å². The van der Waals surface area contributed by atoms with Gasteiger partial charge in [0.15, 0.2) is 0 Å². The minimum Gasteiger partial charge on any atom is -0.311 e. The van der Waals surface area contributed by atoms with Gasteiger partial charge in [-0.15, -0.1) is 0 Å². The Morgan fingerprint density at radius 2 is 1.89 bits per heavy atom. The molecule has 0 radical (unpaired) electrons. The molecule has 0 saturated carbocycles. The molecule has 3 rings (SSSR count). The van der Waals surface area contributed by atoms with E-state index >= 15 is 0 Å². The van der Waals surface area contributed by atoms with Crippen LogP contribution in [0, 0.1) is 5.92 Å². The van der Waals surface area contributed by atoms with Crippen LogP contribution in [0.15, 0.2) is 0 Å². The Balaban J connectivity index is 1.37. The number of piperidine rings is 1. The smallest absolute Gasteiger partial charge is 0.0220 e. The number of likely N-dealkylation sites (N-methyl/N-ethyl adjacent to an activating group) is 2. The van der Waals surface area contributed by atoms with E-state index in [1.807, 2.05) is 0 Å². The van der Waals surface area contributed by atoms with E-state index in [-0.39, 0.29) is 0 Å². The minimum absolute atomic E-state index is 0.814. The van der Waals surface area contributed by atoms with Gasteiger partial charge >= 0.3 is 0 Å². The Hall–Kier alpha value is -0.120. The van der Waals surface area contributed by atoms with E-state index in [0.29, 0.717) is 0 Å². The van der Waals surface area contributed by atoms with Crippen molar-refractivity contribution in [3.05, 3.63) is 0 Å². The van der Waals surface area contributed by atoms with E-state index in [4.69, 9.17) is 0 Å². The van der Waals surface area contributed by atoms with Gasteiger partial charge in [0.2, 0.25) is 0 Å². The number of nitrogens with one attached hydrogen (secondary N) is 1. The first-order chi connectivity index (χ1) is 9.20. The van der Waals surface area contributed by atoms with E-state index in [1.165, 1.54) is 64.6 Å². The van der Waals surface area contributed by atoms with Crippen molar-refractivity contribution >= 4 is 0 Å². The second-order valence-corrected chi connectivity index (χ2v) is 7.30. The number of rotatable bonds is 5. The molecule has 2 bridgehead atoms. The molecule has 3 heterocycles. The molecule has 3 aliphatic rings. The average molecular weight is 265 g/mol. The maximum absolute atomic E-state index is 3.75. The SMILES string of the molecule is CN(CCC1CC2CCC(C1)N2)CC1CCCN1C. The molecule has 3 unspecified atom stereocenters. The normalized spacial score (nSPS) is 39.3. The van der Waals surface area contributed by atoms with Gasteiger partial charge in [-0.2, -0.15) is 0 Å². The van der Waals surface area contributed by atoms with Crippen molar-refractivity contribution in [3.8, 4) is 0 Å². The molecule has 0 aromatic rings. The fourth-order valence-electron chi connectivity index (χ4n) is 4.47. The maximum Gasteiger partial charge on any atom is 0.0220 e. The first-order valence-electron chi connectivity index (χ1n) is 8.35. The van der Waals surface area contributed by atoms with Gasteiger partial charge < -0.3 is 15.1 Å². The molecule has 0 aromatic carbocycles. The van der Waals surface area contributed by atoms with Crippen molar-refractivity contribution in [1.82, 2.24) is 15.1 Å². The third kappa shape index (κ3) is 3.50. The number of likely N-dealkylation sites (tertiary alicyclic amines) is 1. The highest BCUT2D eigenvalue weighted by Gasteiger charge is 2.33. The van der Waals surface area contributed by atoms with Crippen molar-refractivity contribution in [2.24, 2.45) is 5.92 Å². The van der Waals surface area contributed by atoms with Gasteiger partial charge in [0, 0.05) is 24.7 Å². The highest BCUT2D eigenvalue weighted by molar-refractivity contribution is 4.92. The summed E-state index contributed by atoms with van der Waals surface area (Å²) in [6.07, 6.45) is 9.96. The number of hydrogen-bond acceptors (Lipinski definition) is 3.